The van der Waals surface area contributed by atoms with E-state index in [0.29, 0.717) is 11.8 Å². The number of carbonyl (C=O) groups excluding carboxylic acids is 1. The van der Waals surface area contributed by atoms with E-state index in [1.807, 2.05) is 18.0 Å². The number of nitrogens with zero attached hydrogens (tertiary/aromatic N) is 1. The molecule has 0 fully saturated rings. The highest BCUT2D eigenvalue weighted by atomic mass is 16.2. The molecule has 0 aromatic heterocycles. The number of allylic oxidation sites excluding steroid dienone is 1. The second-order valence-electron chi connectivity index (χ2n) is 7.56. The third-order valence-electron chi connectivity index (χ3n) is 5.68. The lowest BCUT2D eigenvalue weighted by molar-refractivity contribution is -0.128. The lowest BCUT2D eigenvalue weighted by Gasteiger charge is -2.32. The number of fused-ring (bicyclic) bond motifs is 2. The summed E-state index contributed by atoms with van der Waals surface area (Å²) in [6.07, 6.45) is 5.05. The Bertz CT molecular complexity index is 808. The van der Waals surface area contributed by atoms with Crippen molar-refractivity contribution in [2.24, 2.45) is 5.92 Å². The molecule has 2 atom stereocenters. The van der Waals surface area contributed by atoms with Crippen molar-refractivity contribution >= 4 is 5.91 Å². The van der Waals surface area contributed by atoms with E-state index in [9.17, 15) is 4.79 Å². The van der Waals surface area contributed by atoms with Gasteiger partial charge >= 0.3 is 0 Å². The number of hydrogen-bond acceptors (Lipinski definition) is 1. The summed E-state index contributed by atoms with van der Waals surface area (Å²) < 4.78 is 0. The van der Waals surface area contributed by atoms with Crippen molar-refractivity contribution in [3.8, 4) is 0 Å². The van der Waals surface area contributed by atoms with E-state index in [4.69, 9.17) is 0 Å². The van der Waals surface area contributed by atoms with Gasteiger partial charge in [0.2, 0.25) is 5.91 Å². The standard InChI is InChI=1S/C24H29NO/c1-5-8-21(16-25(4)18(3)26)24-22-10-7-6-9-19(22)13-14-20-12-11-17(2)15-23(20)24/h5-7,9-12,15,21,24H,1,8,13-14,16H2,2-4H3. The van der Waals surface area contributed by atoms with Crippen molar-refractivity contribution in [3.05, 3.63) is 82.9 Å². The fraction of sp³-hybridized carbons (Fsp3) is 0.375. The number of hydrogen-bond donors (Lipinski definition) is 0. The van der Waals surface area contributed by atoms with Crippen LogP contribution in [0.3, 0.4) is 0 Å². The minimum atomic E-state index is 0.116. The van der Waals surface area contributed by atoms with Gasteiger partial charge in [0.1, 0.15) is 0 Å². The largest absolute Gasteiger partial charge is 0.346 e. The molecule has 0 spiro atoms. The maximum absolute atomic E-state index is 11.9. The average Bonchev–Trinajstić information content (AvgIpc) is 2.77. The zero-order valence-corrected chi connectivity index (χ0v) is 16.2. The molecular formula is C24H29NO. The SMILES string of the molecule is C=CCC(CN(C)C(C)=O)C1c2ccccc2CCc2ccc(C)cc21. The Morgan fingerprint density at radius 1 is 1.19 bits per heavy atom. The Labute approximate surface area is 157 Å². The highest BCUT2D eigenvalue weighted by Crippen LogP contribution is 2.41. The van der Waals surface area contributed by atoms with Crippen LogP contribution in [-0.2, 0) is 17.6 Å². The van der Waals surface area contributed by atoms with E-state index in [-0.39, 0.29) is 5.91 Å². The van der Waals surface area contributed by atoms with Crippen molar-refractivity contribution < 1.29 is 4.79 Å². The fourth-order valence-corrected chi connectivity index (χ4v) is 4.25. The van der Waals surface area contributed by atoms with E-state index >= 15 is 0 Å². The van der Waals surface area contributed by atoms with E-state index < -0.39 is 0 Å². The van der Waals surface area contributed by atoms with E-state index in [0.717, 1.165) is 25.8 Å². The topological polar surface area (TPSA) is 20.3 Å². The minimum absolute atomic E-state index is 0.116. The van der Waals surface area contributed by atoms with Crippen LogP contribution in [0.2, 0.25) is 0 Å². The van der Waals surface area contributed by atoms with Crippen LogP contribution in [0.15, 0.2) is 55.1 Å². The molecule has 3 rings (SSSR count). The molecule has 0 bridgehead atoms. The first-order valence-electron chi connectivity index (χ1n) is 9.51. The van der Waals surface area contributed by atoms with Crippen molar-refractivity contribution in [3.63, 3.8) is 0 Å². The van der Waals surface area contributed by atoms with Gasteiger partial charge in [0.15, 0.2) is 0 Å². The van der Waals surface area contributed by atoms with E-state index in [2.05, 4.69) is 56.0 Å². The van der Waals surface area contributed by atoms with Crippen LogP contribution in [-0.4, -0.2) is 24.4 Å². The molecule has 1 amide bonds. The first-order valence-corrected chi connectivity index (χ1v) is 9.51. The molecule has 26 heavy (non-hydrogen) atoms. The minimum Gasteiger partial charge on any atom is -0.346 e. The van der Waals surface area contributed by atoms with Crippen molar-refractivity contribution in [2.45, 2.75) is 39.0 Å². The normalized spacial score (nSPS) is 16.8. The van der Waals surface area contributed by atoms with Gasteiger partial charge in [-0.15, -0.1) is 6.58 Å². The van der Waals surface area contributed by atoms with Crippen molar-refractivity contribution in [1.29, 1.82) is 0 Å². The Hall–Kier alpha value is -2.35. The van der Waals surface area contributed by atoms with Gasteiger partial charge < -0.3 is 4.90 Å². The summed E-state index contributed by atoms with van der Waals surface area (Å²) in [5, 5.41) is 0. The molecule has 2 heteroatoms. The number of rotatable bonds is 5. The molecule has 0 radical (unpaired) electrons. The lowest BCUT2D eigenvalue weighted by Crippen LogP contribution is -2.33. The monoisotopic (exact) mass is 347 g/mol. The zero-order valence-electron chi connectivity index (χ0n) is 16.2. The molecule has 2 aromatic rings. The third kappa shape index (κ3) is 3.75. The number of benzene rings is 2. The second kappa shape index (κ2) is 7.90. The van der Waals surface area contributed by atoms with E-state index in [1.54, 1.807) is 6.92 Å². The molecule has 0 saturated heterocycles. The number of carbonyl (C=O) groups is 1. The fourth-order valence-electron chi connectivity index (χ4n) is 4.25. The molecule has 0 aliphatic heterocycles. The van der Waals surface area contributed by atoms with Crippen molar-refractivity contribution in [1.82, 2.24) is 4.90 Å². The van der Waals surface area contributed by atoms with Crippen LogP contribution < -0.4 is 0 Å². The first-order chi connectivity index (χ1) is 12.5. The average molecular weight is 348 g/mol. The number of amides is 1. The predicted molar refractivity (Wildman–Crippen MR) is 108 cm³/mol. The second-order valence-corrected chi connectivity index (χ2v) is 7.56. The molecule has 0 saturated carbocycles. The molecule has 0 heterocycles. The number of aryl methyl sites for hydroxylation is 3. The Balaban J connectivity index is 2.14. The maximum Gasteiger partial charge on any atom is 0.219 e. The third-order valence-corrected chi connectivity index (χ3v) is 5.68. The van der Waals surface area contributed by atoms with Gasteiger partial charge in [0.25, 0.3) is 0 Å². The summed E-state index contributed by atoms with van der Waals surface area (Å²) in [4.78, 5) is 13.7. The smallest absolute Gasteiger partial charge is 0.219 e. The van der Waals surface area contributed by atoms with Crippen molar-refractivity contribution in [2.75, 3.05) is 13.6 Å². The quantitative estimate of drug-likeness (QED) is 0.705. The molecule has 0 N–H and O–H groups in total. The van der Waals surface area contributed by atoms with Crippen LogP contribution in [0.4, 0.5) is 0 Å². The first kappa shape index (κ1) is 18.4. The van der Waals surface area contributed by atoms with Gasteiger partial charge in [-0.3, -0.25) is 4.79 Å². The molecule has 1 aliphatic carbocycles. The summed E-state index contributed by atoms with van der Waals surface area (Å²) in [5.74, 6) is 0.732. The Kier molecular flexibility index (Phi) is 5.61. The van der Waals surface area contributed by atoms with Gasteiger partial charge in [0.05, 0.1) is 0 Å². The highest BCUT2D eigenvalue weighted by Gasteiger charge is 2.31. The van der Waals surface area contributed by atoms with Crippen LogP contribution in [0.25, 0.3) is 0 Å². The summed E-state index contributed by atoms with van der Waals surface area (Å²) >= 11 is 0. The summed E-state index contributed by atoms with van der Waals surface area (Å²) in [6, 6.07) is 15.7. The van der Waals surface area contributed by atoms with Gasteiger partial charge in [-0.1, -0.05) is 54.1 Å². The lowest BCUT2D eigenvalue weighted by atomic mass is 9.76. The maximum atomic E-state index is 11.9. The van der Waals surface area contributed by atoms with Crippen LogP contribution >= 0.6 is 0 Å². The molecule has 1 aliphatic rings. The van der Waals surface area contributed by atoms with Gasteiger partial charge in [-0.05, 0) is 54.4 Å². The zero-order chi connectivity index (χ0) is 18.7. The summed E-state index contributed by atoms with van der Waals surface area (Å²) in [7, 11) is 1.90. The molecule has 2 unspecified atom stereocenters. The summed E-state index contributed by atoms with van der Waals surface area (Å²) in [5.41, 5.74) is 7.02. The molecule has 2 nitrogen and oxygen atoms in total. The van der Waals surface area contributed by atoms with Crippen LogP contribution in [0, 0.1) is 12.8 Å². The van der Waals surface area contributed by atoms with E-state index in [1.165, 1.54) is 27.8 Å². The van der Waals surface area contributed by atoms with Crippen LogP contribution in [0.5, 0.6) is 0 Å². The Morgan fingerprint density at radius 2 is 1.88 bits per heavy atom. The molecule has 2 aromatic carbocycles. The predicted octanol–water partition coefficient (Wildman–Crippen LogP) is 4.90. The molecular weight excluding hydrogens is 318 g/mol. The Morgan fingerprint density at radius 3 is 2.58 bits per heavy atom. The highest BCUT2D eigenvalue weighted by molar-refractivity contribution is 5.72. The van der Waals surface area contributed by atoms with Gasteiger partial charge in [0, 0.05) is 26.4 Å². The van der Waals surface area contributed by atoms with Gasteiger partial charge in [-0.25, -0.2) is 0 Å². The summed E-state index contributed by atoms with van der Waals surface area (Å²) in [6.45, 7) is 8.55. The van der Waals surface area contributed by atoms with Gasteiger partial charge in [-0.2, -0.15) is 0 Å². The van der Waals surface area contributed by atoms with Crippen LogP contribution in [0.1, 0.15) is 47.1 Å². The molecule has 136 valence electrons.